The van der Waals surface area contributed by atoms with Gasteiger partial charge in [0.1, 0.15) is 11.5 Å². The molecule has 0 aliphatic carbocycles. The Bertz CT molecular complexity index is 762. The monoisotopic (exact) mass is 349 g/mol. The van der Waals surface area contributed by atoms with Crippen molar-refractivity contribution in [2.45, 2.75) is 12.3 Å². The molecule has 0 amide bonds. The maximum absolute atomic E-state index is 11.0. The van der Waals surface area contributed by atoms with Crippen molar-refractivity contribution >= 4 is 23.5 Å². The van der Waals surface area contributed by atoms with E-state index in [0.717, 1.165) is 0 Å². The predicted octanol–water partition coefficient (Wildman–Crippen LogP) is 3.35. The molecule has 0 bridgehead atoms. The van der Waals surface area contributed by atoms with Crippen LogP contribution in [0.25, 0.3) is 0 Å². The first-order valence-corrected chi connectivity index (χ1v) is 7.51. The normalized spacial score (nSPS) is 11.8. The molecule has 2 aromatic carbocycles. The summed E-state index contributed by atoms with van der Waals surface area (Å²) < 4.78 is 5.66. The lowest BCUT2D eigenvalue weighted by Crippen LogP contribution is -2.16. The molecule has 0 aliphatic heterocycles. The molecule has 0 saturated heterocycles. The van der Waals surface area contributed by atoms with Crippen molar-refractivity contribution in [2.75, 3.05) is 6.54 Å². The van der Waals surface area contributed by atoms with E-state index in [-0.39, 0.29) is 24.4 Å². The second kappa shape index (κ2) is 7.81. The lowest BCUT2D eigenvalue weighted by atomic mass is 9.96. The molecule has 7 heteroatoms. The largest absolute Gasteiger partial charge is 0.481 e. The predicted molar refractivity (Wildman–Crippen MR) is 89.0 cm³/mol. The molecule has 1 atom stereocenters. The van der Waals surface area contributed by atoms with Gasteiger partial charge in [-0.3, -0.25) is 4.79 Å². The number of carbonyl (C=O) groups is 2. The topological polar surface area (TPSA) is 110 Å². The maximum Gasteiger partial charge on any atom is 0.335 e. The first-order valence-electron chi connectivity index (χ1n) is 7.13. The zero-order chi connectivity index (χ0) is 17.7. The molecule has 6 nitrogen and oxygen atoms in total. The lowest BCUT2D eigenvalue weighted by molar-refractivity contribution is -0.137. The van der Waals surface area contributed by atoms with Gasteiger partial charge in [-0.1, -0.05) is 23.7 Å². The number of aliphatic carboxylic acids is 1. The highest BCUT2D eigenvalue weighted by molar-refractivity contribution is 6.32. The number of aromatic carboxylic acids is 1. The van der Waals surface area contributed by atoms with E-state index < -0.39 is 11.9 Å². The Morgan fingerprint density at radius 2 is 1.92 bits per heavy atom. The summed E-state index contributed by atoms with van der Waals surface area (Å²) in [6, 6.07) is 10.9. The molecule has 2 aromatic rings. The van der Waals surface area contributed by atoms with Crippen molar-refractivity contribution in [3.05, 3.63) is 58.6 Å². The Hall–Kier alpha value is -2.57. The van der Waals surface area contributed by atoms with E-state index in [2.05, 4.69) is 0 Å². The van der Waals surface area contributed by atoms with Crippen LogP contribution in [0.3, 0.4) is 0 Å². The Kier molecular flexibility index (Phi) is 5.78. The third-order valence-electron chi connectivity index (χ3n) is 3.44. The minimum Gasteiger partial charge on any atom is -0.481 e. The molecule has 0 heterocycles. The van der Waals surface area contributed by atoms with Crippen molar-refractivity contribution in [1.82, 2.24) is 0 Å². The van der Waals surface area contributed by atoms with Crippen LogP contribution >= 0.6 is 11.6 Å². The fraction of sp³-hybridized carbons (Fsp3) is 0.176. The number of carboxylic acids is 2. The number of hydrogen-bond acceptors (Lipinski definition) is 4. The van der Waals surface area contributed by atoms with Crippen LogP contribution in [0.1, 0.15) is 28.3 Å². The number of rotatable bonds is 7. The average molecular weight is 350 g/mol. The molecule has 0 unspecified atom stereocenters. The summed E-state index contributed by atoms with van der Waals surface area (Å²) in [5.41, 5.74) is 6.42. The SMILES string of the molecule is NC[C@H](CC(=O)O)c1ccc(Cl)c(Oc2cccc(C(=O)O)c2)c1. The zero-order valence-corrected chi connectivity index (χ0v) is 13.4. The van der Waals surface area contributed by atoms with Gasteiger partial charge in [0.15, 0.2) is 0 Å². The third-order valence-corrected chi connectivity index (χ3v) is 3.75. The van der Waals surface area contributed by atoms with Crippen LogP contribution < -0.4 is 10.5 Å². The Balaban J connectivity index is 2.30. The molecule has 4 N–H and O–H groups in total. The Morgan fingerprint density at radius 1 is 1.17 bits per heavy atom. The highest BCUT2D eigenvalue weighted by Gasteiger charge is 2.16. The molecular formula is C17H16ClNO5. The zero-order valence-electron chi connectivity index (χ0n) is 12.6. The number of halogens is 1. The first-order chi connectivity index (χ1) is 11.4. The second-order valence-corrected chi connectivity index (χ2v) is 5.56. The van der Waals surface area contributed by atoms with E-state index in [1.807, 2.05) is 0 Å². The van der Waals surface area contributed by atoms with Gasteiger partial charge < -0.3 is 20.7 Å². The summed E-state index contributed by atoms with van der Waals surface area (Å²) >= 11 is 6.11. The van der Waals surface area contributed by atoms with Gasteiger partial charge in [-0.25, -0.2) is 4.79 Å². The van der Waals surface area contributed by atoms with Crippen molar-refractivity contribution in [2.24, 2.45) is 5.73 Å². The molecule has 24 heavy (non-hydrogen) atoms. The minimum absolute atomic E-state index is 0.0884. The molecule has 0 spiro atoms. The number of carboxylic acid groups (broad SMARTS) is 2. The minimum atomic E-state index is -1.06. The van der Waals surface area contributed by atoms with Crippen LogP contribution in [0.4, 0.5) is 0 Å². The van der Waals surface area contributed by atoms with Crippen LogP contribution in [0.5, 0.6) is 11.5 Å². The maximum atomic E-state index is 11.0. The average Bonchev–Trinajstić information content (AvgIpc) is 2.55. The van der Waals surface area contributed by atoms with Crippen LogP contribution in [-0.4, -0.2) is 28.7 Å². The molecule has 0 fully saturated rings. The van der Waals surface area contributed by atoms with E-state index in [4.69, 9.17) is 32.3 Å². The molecule has 0 radical (unpaired) electrons. The molecule has 0 saturated carbocycles. The third kappa shape index (κ3) is 4.47. The van der Waals surface area contributed by atoms with Gasteiger partial charge in [0.2, 0.25) is 0 Å². The van der Waals surface area contributed by atoms with E-state index in [0.29, 0.717) is 22.1 Å². The summed E-state index contributed by atoms with van der Waals surface area (Å²) in [7, 11) is 0. The van der Waals surface area contributed by atoms with Crippen LogP contribution in [0.2, 0.25) is 5.02 Å². The van der Waals surface area contributed by atoms with E-state index in [1.54, 1.807) is 30.3 Å². The molecule has 0 aromatic heterocycles. The van der Waals surface area contributed by atoms with Crippen LogP contribution in [-0.2, 0) is 4.79 Å². The Morgan fingerprint density at radius 3 is 2.54 bits per heavy atom. The summed E-state index contributed by atoms with van der Waals surface area (Å²) in [4.78, 5) is 21.9. The lowest BCUT2D eigenvalue weighted by Gasteiger charge is -2.15. The summed E-state index contributed by atoms with van der Waals surface area (Å²) in [5.74, 6) is -1.76. The fourth-order valence-corrected chi connectivity index (χ4v) is 2.38. The number of ether oxygens (including phenoxy) is 1. The van der Waals surface area contributed by atoms with Gasteiger partial charge >= 0.3 is 11.9 Å². The summed E-state index contributed by atoms with van der Waals surface area (Å²) in [5, 5.41) is 18.3. The van der Waals surface area contributed by atoms with Crippen molar-refractivity contribution in [3.63, 3.8) is 0 Å². The molecule has 2 rings (SSSR count). The Labute approximate surface area is 143 Å². The standard InChI is InChI=1S/C17H16ClNO5/c18-14-5-4-10(12(9-19)8-16(20)21)7-15(14)24-13-3-1-2-11(6-13)17(22)23/h1-7,12H,8-9,19H2,(H,20,21)(H,22,23)/t12-/m0/s1. The molecule has 126 valence electrons. The highest BCUT2D eigenvalue weighted by Crippen LogP contribution is 2.33. The van der Waals surface area contributed by atoms with Gasteiger partial charge in [-0.15, -0.1) is 0 Å². The van der Waals surface area contributed by atoms with Gasteiger partial charge in [-0.2, -0.15) is 0 Å². The summed E-state index contributed by atoms with van der Waals surface area (Å²) in [6.45, 7) is 0.169. The molecule has 0 aliphatic rings. The quantitative estimate of drug-likeness (QED) is 0.707. The molecular weight excluding hydrogens is 334 g/mol. The van der Waals surface area contributed by atoms with Crippen LogP contribution in [0, 0.1) is 0 Å². The van der Waals surface area contributed by atoms with E-state index in [1.165, 1.54) is 12.1 Å². The van der Waals surface area contributed by atoms with Gasteiger partial charge in [0, 0.05) is 5.92 Å². The van der Waals surface area contributed by atoms with Crippen molar-refractivity contribution in [1.29, 1.82) is 0 Å². The highest BCUT2D eigenvalue weighted by atomic mass is 35.5. The number of hydrogen-bond donors (Lipinski definition) is 3. The smallest absolute Gasteiger partial charge is 0.335 e. The van der Waals surface area contributed by atoms with Gasteiger partial charge in [0.05, 0.1) is 17.0 Å². The first kappa shape index (κ1) is 17.8. The second-order valence-electron chi connectivity index (χ2n) is 5.16. The summed E-state index contributed by atoms with van der Waals surface area (Å²) in [6.07, 6.45) is -0.105. The van der Waals surface area contributed by atoms with Gasteiger partial charge in [-0.05, 0) is 42.4 Å². The van der Waals surface area contributed by atoms with E-state index >= 15 is 0 Å². The van der Waals surface area contributed by atoms with Crippen molar-refractivity contribution < 1.29 is 24.5 Å². The van der Waals surface area contributed by atoms with E-state index in [9.17, 15) is 9.59 Å². The fourth-order valence-electron chi connectivity index (χ4n) is 2.22. The van der Waals surface area contributed by atoms with Crippen molar-refractivity contribution in [3.8, 4) is 11.5 Å². The van der Waals surface area contributed by atoms with Gasteiger partial charge in [0.25, 0.3) is 0 Å². The number of benzene rings is 2. The van der Waals surface area contributed by atoms with Crippen LogP contribution in [0.15, 0.2) is 42.5 Å². The number of nitrogens with two attached hydrogens (primary N) is 1.